The molecule has 0 saturated carbocycles. The normalized spacial score (nSPS) is 23.1. The molecule has 2 atom stereocenters. The zero-order chi connectivity index (χ0) is 31.3. The second-order valence-corrected chi connectivity index (χ2v) is 15.1. The fourth-order valence-electron chi connectivity index (χ4n) is 7.00. The lowest BCUT2D eigenvalue weighted by atomic mass is 9.80. The summed E-state index contributed by atoms with van der Waals surface area (Å²) < 4.78 is 41.4. The van der Waals surface area contributed by atoms with E-state index in [2.05, 4.69) is 21.8 Å². The number of piperazine rings is 1. The average Bonchev–Trinajstić information content (AvgIpc) is 3.85. The Bertz CT molecular complexity index is 1810. The van der Waals surface area contributed by atoms with Gasteiger partial charge in [0.25, 0.3) is 15.9 Å². The number of aromatic nitrogens is 1. The molecule has 1 amide bonds. The van der Waals surface area contributed by atoms with Crippen LogP contribution in [0.3, 0.4) is 0 Å². The Hall–Kier alpha value is -3.26. The van der Waals surface area contributed by atoms with E-state index < -0.39 is 27.5 Å². The number of oxazole rings is 1. The van der Waals surface area contributed by atoms with Gasteiger partial charge in [-0.05, 0) is 67.2 Å². The largest absolute Gasteiger partial charge is 0.496 e. The Labute approximate surface area is 271 Å². The number of ether oxygens (including phenoxy) is 1. The smallest absolute Gasteiger partial charge is 0.280 e. The number of hydrogen-bond donors (Lipinski definition) is 0. The summed E-state index contributed by atoms with van der Waals surface area (Å²) in [6, 6.07) is 13.7. The molecule has 3 aliphatic rings. The van der Waals surface area contributed by atoms with Gasteiger partial charge in [-0.3, -0.25) is 14.6 Å². The molecule has 0 spiro atoms. The number of likely N-dealkylation sites (N-methyl/N-ethyl adjacent to an activating group) is 1. The molecule has 4 aromatic rings. The molecule has 7 rings (SSSR count). The van der Waals surface area contributed by atoms with E-state index in [0.29, 0.717) is 47.3 Å². The number of hydrogen-bond acceptors (Lipinski definition) is 10. The van der Waals surface area contributed by atoms with Crippen LogP contribution in [0.25, 0.3) is 0 Å². The molecule has 2 unspecified atom stereocenters. The van der Waals surface area contributed by atoms with Gasteiger partial charge >= 0.3 is 0 Å². The standard InChI is InChI=1S/C32H34ClN5O5S2/c1-35-13-15-36(16-14-35)21-22-7-10-28(42-2)25(19-22)32(37-12-3-5-27(37)30-34-11-17-43-30)24-20-23(33)8-9-26(24)38(31(32)39)45(40,41)29-6-4-18-44-29/h4,6-11,17-20,27H,3,5,12-16,21H2,1-2H3. The SMILES string of the molecule is COc1ccc(CN2CCN(C)CC2)cc1C1(N2CCCC2c2ncco2)C(=O)N(S(=O)(=O)c2cccs2)c2ccc(Cl)cc21. The zero-order valence-electron chi connectivity index (χ0n) is 25.1. The van der Waals surface area contributed by atoms with Gasteiger partial charge in [-0.15, -0.1) is 11.3 Å². The van der Waals surface area contributed by atoms with E-state index in [1.54, 1.807) is 43.0 Å². The number of rotatable bonds is 8. The van der Waals surface area contributed by atoms with Crippen LogP contribution in [0.5, 0.6) is 5.75 Å². The number of carbonyl (C=O) groups excluding carboxylic acids is 1. The van der Waals surface area contributed by atoms with Crippen molar-refractivity contribution in [3.8, 4) is 5.75 Å². The first kappa shape index (κ1) is 30.4. The van der Waals surface area contributed by atoms with Crippen molar-refractivity contribution in [2.24, 2.45) is 0 Å². The summed E-state index contributed by atoms with van der Waals surface area (Å²) in [6.07, 6.45) is 4.53. The number of fused-ring (bicyclic) bond motifs is 1. The number of carbonyl (C=O) groups is 1. The first-order valence-corrected chi connectivity index (χ1v) is 17.6. The molecule has 236 valence electrons. The number of benzene rings is 2. The number of sulfonamides is 1. The molecule has 45 heavy (non-hydrogen) atoms. The van der Waals surface area contributed by atoms with Crippen molar-refractivity contribution in [2.75, 3.05) is 51.2 Å². The average molecular weight is 668 g/mol. The molecule has 5 heterocycles. The number of nitrogens with zero attached hydrogens (tertiary/aromatic N) is 5. The lowest BCUT2D eigenvalue weighted by Gasteiger charge is -2.41. The van der Waals surface area contributed by atoms with Gasteiger partial charge in [0.1, 0.15) is 16.2 Å². The van der Waals surface area contributed by atoms with Crippen molar-refractivity contribution in [3.05, 3.63) is 94.0 Å². The van der Waals surface area contributed by atoms with Crippen molar-refractivity contribution < 1.29 is 22.4 Å². The number of amides is 1. The Morgan fingerprint density at radius 2 is 1.91 bits per heavy atom. The molecular weight excluding hydrogens is 634 g/mol. The maximum Gasteiger partial charge on any atom is 0.280 e. The molecule has 0 bridgehead atoms. The summed E-state index contributed by atoms with van der Waals surface area (Å²) in [5.74, 6) is 0.335. The van der Waals surface area contributed by atoms with Crippen molar-refractivity contribution in [3.63, 3.8) is 0 Å². The lowest BCUT2D eigenvalue weighted by Crippen LogP contribution is -2.54. The molecule has 3 aliphatic heterocycles. The molecule has 0 radical (unpaired) electrons. The third kappa shape index (κ3) is 4.99. The minimum absolute atomic E-state index is 0.0778. The van der Waals surface area contributed by atoms with Crippen LogP contribution >= 0.6 is 22.9 Å². The number of anilines is 1. The van der Waals surface area contributed by atoms with Gasteiger partial charge in [-0.1, -0.05) is 23.7 Å². The first-order valence-electron chi connectivity index (χ1n) is 14.9. The maximum atomic E-state index is 15.4. The van der Waals surface area contributed by atoms with Crippen LogP contribution in [-0.4, -0.2) is 80.9 Å². The highest BCUT2D eigenvalue weighted by atomic mass is 35.5. The van der Waals surface area contributed by atoms with Crippen LogP contribution < -0.4 is 9.04 Å². The van der Waals surface area contributed by atoms with Crippen LogP contribution in [0.1, 0.15) is 41.5 Å². The summed E-state index contributed by atoms with van der Waals surface area (Å²) in [6.45, 7) is 4.95. The highest BCUT2D eigenvalue weighted by Crippen LogP contribution is 2.57. The summed E-state index contributed by atoms with van der Waals surface area (Å²) in [7, 11) is -0.576. The Morgan fingerprint density at radius 3 is 2.62 bits per heavy atom. The van der Waals surface area contributed by atoms with Crippen LogP contribution in [0.4, 0.5) is 5.69 Å². The molecule has 10 nitrogen and oxygen atoms in total. The van der Waals surface area contributed by atoms with Gasteiger partial charge in [0.05, 0.1) is 25.0 Å². The van der Waals surface area contributed by atoms with E-state index in [0.717, 1.165) is 53.8 Å². The van der Waals surface area contributed by atoms with E-state index in [4.69, 9.17) is 20.8 Å². The summed E-state index contributed by atoms with van der Waals surface area (Å²) >= 11 is 7.74. The summed E-state index contributed by atoms with van der Waals surface area (Å²) in [4.78, 5) is 26.6. The molecule has 13 heteroatoms. The zero-order valence-corrected chi connectivity index (χ0v) is 27.4. The third-order valence-electron chi connectivity index (χ3n) is 9.13. The topological polar surface area (TPSA) is 99.4 Å². The van der Waals surface area contributed by atoms with Crippen molar-refractivity contribution in [1.82, 2.24) is 19.7 Å². The highest BCUT2D eigenvalue weighted by molar-refractivity contribution is 7.95. The second-order valence-electron chi connectivity index (χ2n) is 11.7. The molecule has 2 aromatic carbocycles. The minimum Gasteiger partial charge on any atom is -0.496 e. The van der Waals surface area contributed by atoms with E-state index in [1.807, 2.05) is 23.1 Å². The van der Waals surface area contributed by atoms with Gasteiger partial charge in [0.2, 0.25) is 5.89 Å². The quantitative estimate of drug-likeness (QED) is 0.258. The Morgan fingerprint density at radius 1 is 1.09 bits per heavy atom. The van der Waals surface area contributed by atoms with Crippen molar-refractivity contribution >= 4 is 44.6 Å². The van der Waals surface area contributed by atoms with E-state index in [1.165, 1.54) is 12.3 Å². The molecular formula is C32H34ClN5O5S2. The molecule has 2 saturated heterocycles. The number of likely N-dealkylation sites (tertiary alicyclic amines) is 1. The van der Waals surface area contributed by atoms with E-state index in [-0.39, 0.29) is 9.90 Å². The van der Waals surface area contributed by atoms with Crippen molar-refractivity contribution in [1.29, 1.82) is 0 Å². The van der Waals surface area contributed by atoms with E-state index >= 15 is 4.79 Å². The van der Waals surface area contributed by atoms with Gasteiger partial charge < -0.3 is 14.1 Å². The van der Waals surface area contributed by atoms with E-state index in [9.17, 15) is 8.42 Å². The van der Waals surface area contributed by atoms with Crippen LogP contribution in [-0.2, 0) is 26.9 Å². The van der Waals surface area contributed by atoms with Crippen LogP contribution in [0.2, 0.25) is 5.02 Å². The van der Waals surface area contributed by atoms with Gasteiger partial charge in [-0.25, -0.2) is 4.98 Å². The first-order chi connectivity index (χ1) is 21.7. The Balaban J connectivity index is 1.48. The monoisotopic (exact) mass is 667 g/mol. The van der Waals surface area contributed by atoms with Crippen molar-refractivity contribution in [2.45, 2.75) is 35.2 Å². The minimum atomic E-state index is -4.27. The van der Waals surface area contributed by atoms with Crippen LogP contribution in [0.15, 0.2) is 75.0 Å². The maximum absolute atomic E-state index is 15.4. The fraction of sp³-hybridized carbons (Fsp3) is 0.375. The second kappa shape index (κ2) is 11.8. The number of methoxy groups -OCH3 is 1. The predicted octanol–water partition coefficient (Wildman–Crippen LogP) is 4.96. The van der Waals surface area contributed by atoms with Gasteiger partial charge in [-0.2, -0.15) is 12.7 Å². The molecule has 0 aliphatic carbocycles. The summed E-state index contributed by atoms with van der Waals surface area (Å²) in [5, 5.41) is 2.08. The number of halogens is 1. The highest BCUT2D eigenvalue weighted by Gasteiger charge is 2.63. The molecule has 0 N–H and O–H groups in total. The Kier molecular flexibility index (Phi) is 7.99. The number of thiophene rings is 1. The summed E-state index contributed by atoms with van der Waals surface area (Å²) in [5.41, 5.74) is 0.699. The predicted molar refractivity (Wildman–Crippen MR) is 172 cm³/mol. The van der Waals surface area contributed by atoms with Crippen LogP contribution in [0, 0.1) is 0 Å². The molecule has 2 fully saturated rings. The molecule has 2 aromatic heterocycles. The van der Waals surface area contributed by atoms with Gasteiger partial charge in [0.15, 0.2) is 5.54 Å². The lowest BCUT2D eigenvalue weighted by molar-refractivity contribution is -0.127. The fourth-order valence-corrected chi connectivity index (χ4v) is 9.70. The van der Waals surface area contributed by atoms with Gasteiger partial charge in [0, 0.05) is 55.4 Å². The third-order valence-corrected chi connectivity index (χ3v) is 12.4.